The van der Waals surface area contributed by atoms with Crippen LogP contribution in [0.2, 0.25) is 0 Å². The number of rotatable bonds is 6. The summed E-state index contributed by atoms with van der Waals surface area (Å²) >= 11 is 1.49. The van der Waals surface area contributed by atoms with Crippen molar-refractivity contribution in [2.24, 2.45) is 0 Å². The van der Waals surface area contributed by atoms with E-state index in [1.165, 1.54) is 11.8 Å². The van der Waals surface area contributed by atoms with E-state index in [2.05, 4.69) is 0 Å². The van der Waals surface area contributed by atoms with Gasteiger partial charge in [-0.15, -0.1) is 16.8 Å². The van der Waals surface area contributed by atoms with Gasteiger partial charge in [0.15, 0.2) is 0 Å². The summed E-state index contributed by atoms with van der Waals surface area (Å²) in [7, 11) is -7.18. The van der Waals surface area contributed by atoms with Crippen molar-refractivity contribution in [3.63, 3.8) is 0 Å². The summed E-state index contributed by atoms with van der Waals surface area (Å²) in [5, 5.41) is 0. The quantitative estimate of drug-likeness (QED) is 0.251. The summed E-state index contributed by atoms with van der Waals surface area (Å²) in [6.07, 6.45) is 0. The van der Waals surface area contributed by atoms with Crippen LogP contribution in [0.25, 0.3) is 0 Å². The van der Waals surface area contributed by atoms with Crippen molar-refractivity contribution in [2.45, 2.75) is 115 Å². The minimum atomic E-state index is -3.59. The van der Waals surface area contributed by atoms with Crippen molar-refractivity contribution in [3.8, 4) is 11.5 Å². The molecule has 2 aromatic carbocycles. The van der Waals surface area contributed by atoms with E-state index >= 15 is 0 Å². The molecule has 0 heterocycles. The molecule has 9 heteroatoms. The van der Waals surface area contributed by atoms with Gasteiger partial charge in [0.2, 0.25) is 0 Å². The van der Waals surface area contributed by atoms with Crippen LogP contribution in [0.1, 0.15) is 105 Å². The molecule has 0 aromatic heterocycles. The zero-order valence-electron chi connectivity index (χ0n) is 23.9. The molecule has 0 N–H and O–H groups in total. The van der Waals surface area contributed by atoms with E-state index in [1.54, 1.807) is 0 Å². The zero-order valence-corrected chi connectivity index (χ0v) is 26.5. The van der Waals surface area contributed by atoms with Crippen LogP contribution in [-0.2, 0) is 21.7 Å². The maximum atomic E-state index is 13.5. The molecule has 0 radical (unpaired) electrons. The topological polar surface area (TPSA) is 18.5 Å². The smallest absolute Gasteiger partial charge is 0.420 e. The van der Waals surface area contributed by atoms with Gasteiger partial charge in [0.25, 0.3) is 0 Å². The van der Waals surface area contributed by atoms with Gasteiger partial charge in [-0.05, 0) is 45.9 Å². The molecule has 0 saturated carbocycles. The summed E-state index contributed by atoms with van der Waals surface area (Å²) in [5.41, 5.74) is 1.05. The van der Waals surface area contributed by atoms with Crippen LogP contribution in [0, 0.1) is 0 Å². The van der Waals surface area contributed by atoms with E-state index in [4.69, 9.17) is 9.05 Å². The van der Waals surface area contributed by atoms with Gasteiger partial charge in [0.05, 0.1) is 0 Å². The van der Waals surface area contributed by atoms with Gasteiger partial charge in [0, 0.05) is 32.0 Å². The van der Waals surface area contributed by atoms with Crippen LogP contribution < -0.4 is 9.05 Å². The van der Waals surface area contributed by atoms with E-state index in [0.29, 0.717) is 22.3 Å². The van der Waals surface area contributed by atoms with E-state index in [-0.39, 0.29) is 11.5 Å². The molecule has 2 rings (SSSR count). The normalized spacial score (nSPS) is 13.5. The molecule has 0 atom stereocenters. The molecular formula is C28H40F4O2P2S. The Labute approximate surface area is 227 Å². The van der Waals surface area contributed by atoms with Crippen LogP contribution >= 0.6 is 29.3 Å². The SMILES string of the molecule is CC(C)(C)c1cc(Sc2cc(C(C)(C)C)c(OP(F)F)c(C(C)(C)C)c2)cc(C(C)(C)C)c1OP(F)F. The van der Waals surface area contributed by atoms with Gasteiger partial charge in [0.1, 0.15) is 11.5 Å². The highest BCUT2D eigenvalue weighted by atomic mass is 32.2. The monoisotopic (exact) mass is 578 g/mol. The van der Waals surface area contributed by atoms with Gasteiger partial charge in [-0.1, -0.05) is 94.8 Å². The van der Waals surface area contributed by atoms with Gasteiger partial charge < -0.3 is 9.05 Å². The third kappa shape index (κ3) is 8.48. The minimum Gasteiger partial charge on any atom is -0.420 e. The molecule has 0 aliphatic heterocycles. The van der Waals surface area contributed by atoms with E-state index < -0.39 is 39.2 Å². The molecule has 0 aliphatic rings. The fraction of sp³-hybridized carbons (Fsp3) is 0.571. The maximum absolute atomic E-state index is 13.5. The first kappa shape index (κ1) is 32.2. The molecule has 0 bridgehead atoms. The molecule has 0 unspecified atom stereocenters. The first-order chi connectivity index (χ1) is 16.5. The Bertz CT molecular complexity index is 952. The maximum Gasteiger partial charge on any atom is 0.481 e. The molecule has 0 aliphatic carbocycles. The van der Waals surface area contributed by atoms with Crippen molar-refractivity contribution >= 4 is 29.3 Å². The highest BCUT2D eigenvalue weighted by Crippen LogP contribution is 2.52. The lowest BCUT2D eigenvalue weighted by Gasteiger charge is -2.31. The highest BCUT2D eigenvalue weighted by molar-refractivity contribution is 7.99. The van der Waals surface area contributed by atoms with Crippen LogP contribution in [-0.4, -0.2) is 0 Å². The number of halogens is 4. The average molecular weight is 579 g/mol. The standard InChI is InChI=1S/C28H40F4O2P2S/c1-25(2,3)19-13-17(14-20(26(4,5)6)23(19)33-35(29)30)37-18-15-21(27(7,8)9)24(34-36(31)32)22(16-18)28(10,11)12/h13-16H,1-12H3. The summed E-state index contributed by atoms with van der Waals surface area (Å²) in [5.74, 6) is 0.489. The Kier molecular flexibility index (Phi) is 9.76. The number of hydrogen-bond acceptors (Lipinski definition) is 3. The molecule has 0 saturated heterocycles. The largest absolute Gasteiger partial charge is 0.481 e. The number of hydrogen-bond donors (Lipinski definition) is 0. The molecular weight excluding hydrogens is 538 g/mol. The highest BCUT2D eigenvalue weighted by Gasteiger charge is 2.32. The third-order valence-corrected chi connectivity index (χ3v) is 7.50. The Morgan fingerprint density at radius 3 is 0.865 bits per heavy atom. The molecule has 37 heavy (non-hydrogen) atoms. The first-order valence-electron chi connectivity index (χ1n) is 12.2. The van der Waals surface area contributed by atoms with Gasteiger partial charge in [-0.3, -0.25) is 0 Å². The minimum absolute atomic E-state index is 0.245. The summed E-state index contributed by atoms with van der Waals surface area (Å²) in [6, 6.07) is 7.64. The Morgan fingerprint density at radius 1 is 0.486 bits per heavy atom. The fourth-order valence-corrected chi connectivity index (χ4v) is 5.67. The summed E-state index contributed by atoms with van der Waals surface area (Å²) in [6.45, 7) is 23.7. The van der Waals surface area contributed by atoms with Gasteiger partial charge in [-0.2, -0.15) is 0 Å². The van der Waals surface area contributed by atoms with Crippen molar-refractivity contribution in [1.82, 2.24) is 0 Å². The van der Waals surface area contributed by atoms with Crippen LogP contribution in [0.5, 0.6) is 11.5 Å². The number of benzene rings is 2. The Balaban J connectivity index is 2.84. The molecule has 208 valence electrons. The van der Waals surface area contributed by atoms with Crippen LogP contribution in [0.15, 0.2) is 34.1 Å². The van der Waals surface area contributed by atoms with E-state index in [9.17, 15) is 16.8 Å². The lowest BCUT2D eigenvalue weighted by Crippen LogP contribution is -2.19. The molecule has 2 nitrogen and oxygen atoms in total. The fourth-order valence-electron chi connectivity index (χ4n) is 4.02. The second-order valence-corrected chi connectivity index (χ2v) is 15.7. The predicted octanol–water partition coefficient (Wildman–Crippen LogP) is 12.1. The first-order valence-corrected chi connectivity index (χ1v) is 15.1. The second-order valence-electron chi connectivity index (χ2n) is 13.4. The Hall–Kier alpha value is -1.03. The van der Waals surface area contributed by atoms with Crippen molar-refractivity contribution in [3.05, 3.63) is 46.5 Å². The van der Waals surface area contributed by atoms with Crippen molar-refractivity contribution in [2.75, 3.05) is 0 Å². The summed E-state index contributed by atoms with van der Waals surface area (Å²) < 4.78 is 64.4. The molecule has 0 fully saturated rings. The van der Waals surface area contributed by atoms with Crippen LogP contribution in [0.4, 0.5) is 16.8 Å². The molecule has 0 spiro atoms. The lowest BCUT2D eigenvalue weighted by molar-refractivity contribution is 0.457. The van der Waals surface area contributed by atoms with Crippen molar-refractivity contribution in [1.29, 1.82) is 0 Å². The average Bonchev–Trinajstić information content (AvgIpc) is 2.65. The zero-order chi connectivity index (χ0) is 28.7. The summed E-state index contributed by atoms with van der Waals surface area (Å²) in [4.78, 5) is 1.74. The Morgan fingerprint density at radius 2 is 0.703 bits per heavy atom. The third-order valence-electron chi connectivity index (χ3n) is 5.91. The second kappa shape index (κ2) is 11.2. The molecule has 2 aromatic rings. The predicted molar refractivity (Wildman–Crippen MR) is 151 cm³/mol. The van der Waals surface area contributed by atoms with Gasteiger partial charge >= 0.3 is 17.5 Å². The van der Waals surface area contributed by atoms with E-state index in [1.807, 2.05) is 107 Å². The van der Waals surface area contributed by atoms with Gasteiger partial charge in [-0.25, -0.2) is 0 Å². The van der Waals surface area contributed by atoms with Crippen molar-refractivity contribution < 1.29 is 25.8 Å². The van der Waals surface area contributed by atoms with Crippen LogP contribution in [0.3, 0.4) is 0 Å². The molecule has 0 amide bonds. The lowest BCUT2D eigenvalue weighted by atomic mass is 9.79. The van der Waals surface area contributed by atoms with E-state index in [0.717, 1.165) is 9.79 Å².